The molecule has 25 heavy (non-hydrogen) atoms. The summed E-state index contributed by atoms with van der Waals surface area (Å²) in [7, 11) is 0. The van der Waals surface area contributed by atoms with Crippen LogP contribution in [0.3, 0.4) is 0 Å². The van der Waals surface area contributed by atoms with Crippen LogP contribution < -0.4 is 0 Å². The molecule has 132 valence electrons. The standard InChI is InChI=1S/C21H23F2NO/c1-3-12-24(4-2)21(25)17-13-16(17)14-8-5-6-9-15(14)20-18(22)10-7-11-19(20)23/h5-11,16-17H,3-4,12-13H2,1-2H3. The lowest BCUT2D eigenvalue weighted by atomic mass is 9.95. The Labute approximate surface area is 147 Å². The van der Waals surface area contributed by atoms with Crippen molar-refractivity contribution in [3.05, 3.63) is 59.7 Å². The van der Waals surface area contributed by atoms with Gasteiger partial charge >= 0.3 is 0 Å². The smallest absolute Gasteiger partial charge is 0.226 e. The summed E-state index contributed by atoms with van der Waals surface area (Å²) in [6.45, 7) is 5.48. The number of halogens is 2. The highest BCUT2D eigenvalue weighted by Gasteiger charge is 2.46. The summed E-state index contributed by atoms with van der Waals surface area (Å²) in [6, 6.07) is 11.2. The van der Waals surface area contributed by atoms with Gasteiger partial charge in [0, 0.05) is 19.0 Å². The van der Waals surface area contributed by atoms with Crippen LogP contribution in [-0.4, -0.2) is 23.9 Å². The maximum atomic E-state index is 14.2. The van der Waals surface area contributed by atoms with E-state index in [1.165, 1.54) is 18.2 Å². The molecule has 1 aliphatic rings. The maximum Gasteiger partial charge on any atom is 0.226 e. The van der Waals surface area contributed by atoms with E-state index in [0.717, 1.165) is 24.9 Å². The Hall–Kier alpha value is -2.23. The van der Waals surface area contributed by atoms with Crippen LogP contribution in [0, 0.1) is 17.6 Å². The van der Waals surface area contributed by atoms with Crippen molar-refractivity contribution in [2.24, 2.45) is 5.92 Å². The highest BCUT2D eigenvalue weighted by atomic mass is 19.1. The summed E-state index contributed by atoms with van der Waals surface area (Å²) in [5.74, 6) is -1.04. The fraction of sp³-hybridized carbons (Fsp3) is 0.381. The van der Waals surface area contributed by atoms with Crippen molar-refractivity contribution in [1.29, 1.82) is 0 Å². The van der Waals surface area contributed by atoms with Crippen molar-refractivity contribution in [3.63, 3.8) is 0 Å². The molecular formula is C21H23F2NO. The van der Waals surface area contributed by atoms with E-state index in [9.17, 15) is 13.6 Å². The van der Waals surface area contributed by atoms with Gasteiger partial charge < -0.3 is 4.90 Å². The lowest BCUT2D eigenvalue weighted by Gasteiger charge is -2.20. The van der Waals surface area contributed by atoms with Crippen LogP contribution in [-0.2, 0) is 4.79 Å². The first-order valence-corrected chi connectivity index (χ1v) is 8.90. The van der Waals surface area contributed by atoms with Crippen LogP contribution in [0.2, 0.25) is 0 Å². The number of carbonyl (C=O) groups is 1. The molecule has 0 aromatic heterocycles. The minimum Gasteiger partial charge on any atom is -0.343 e. The van der Waals surface area contributed by atoms with Crippen LogP contribution in [0.1, 0.15) is 38.2 Å². The molecule has 2 aromatic carbocycles. The van der Waals surface area contributed by atoms with Crippen molar-refractivity contribution in [1.82, 2.24) is 4.90 Å². The van der Waals surface area contributed by atoms with Gasteiger partial charge in [-0.15, -0.1) is 0 Å². The Morgan fingerprint density at radius 2 is 1.76 bits per heavy atom. The van der Waals surface area contributed by atoms with E-state index in [1.54, 1.807) is 12.1 Å². The Balaban J connectivity index is 1.90. The van der Waals surface area contributed by atoms with Crippen LogP contribution in [0.15, 0.2) is 42.5 Å². The van der Waals surface area contributed by atoms with E-state index in [0.29, 0.717) is 12.1 Å². The zero-order valence-corrected chi connectivity index (χ0v) is 14.6. The Kier molecular flexibility index (Phi) is 5.16. The number of nitrogens with zero attached hydrogens (tertiary/aromatic N) is 1. The predicted molar refractivity (Wildman–Crippen MR) is 95.2 cm³/mol. The summed E-state index contributed by atoms with van der Waals surface area (Å²) < 4.78 is 28.4. The molecule has 2 nitrogen and oxygen atoms in total. The van der Waals surface area contributed by atoms with Gasteiger partial charge in [-0.05, 0) is 48.9 Å². The average Bonchev–Trinajstić information content (AvgIpc) is 3.40. The molecule has 1 fully saturated rings. The molecule has 2 atom stereocenters. The minimum atomic E-state index is -0.572. The summed E-state index contributed by atoms with van der Waals surface area (Å²) >= 11 is 0. The predicted octanol–water partition coefficient (Wildman–Crippen LogP) is 4.99. The van der Waals surface area contributed by atoms with Crippen LogP contribution in [0.5, 0.6) is 0 Å². The molecular weight excluding hydrogens is 320 g/mol. The van der Waals surface area contributed by atoms with Gasteiger partial charge in [-0.2, -0.15) is 0 Å². The second-order valence-corrected chi connectivity index (χ2v) is 6.55. The SMILES string of the molecule is CCCN(CC)C(=O)C1CC1c1ccccc1-c1c(F)cccc1F. The highest BCUT2D eigenvalue weighted by Crippen LogP contribution is 2.51. The van der Waals surface area contributed by atoms with Crippen molar-refractivity contribution < 1.29 is 13.6 Å². The quantitative estimate of drug-likeness (QED) is 0.723. The van der Waals surface area contributed by atoms with Gasteiger partial charge in [0.1, 0.15) is 11.6 Å². The van der Waals surface area contributed by atoms with E-state index in [4.69, 9.17) is 0 Å². The van der Waals surface area contributed by atoms with Gasteiger partial charge in [0.2, 0.25) is 5.91 Å². The lowest BCUT2D eigenvalue weighted by molar-refractivity contribution is -0.132. The number of hydrogen-bond acceptors (Lipinski definition) is 1. The van der Waals surface area contributed by atoms with Gasteiger partial charge in [-0.25, -0.2) is 8.78 Å². The summed E-state index contributed by atoms with van der Waals surface area (Å²) in [6.07, 6.45) is 1.67. The van der Waals surface area contributed by atoms with Crippen LogP contribution in [0.25, 0.3) is 11.1 Å². The van der Waals surface area contributed by atoms with Crippen LogP contribution in [0.4, 0.5) is 8.78 Å². The fourth-order valence-electron chi connectivity index (χ4n) is 3.54. The topological polar surface area (TPSA) is 20.3 Å². The number of amides is 1. The van der Waals surface area contributed by atoms with Crippen molar-refractivity contribution in [3.8, 4) is 11.1 Å². The van der Waals surface area contributed by atoms with Gasteiger partial charge in [0.05, 0.1) is 5.56 Å². The summed E-state index contributed by atoms with van der Waals surface area (Å²) in [5.41, 5.74) is 1.41. The fourth-order valence-corrected chi connectivity index (χ4v) is 3.54. The second-order valence-electron chi connectivity index (χ2n) is 6.55. The molecule has 1 amide bonds. The lowest BCUT2D eigenvalue weighted by Crippen LogP contribution is -2.33. The molecule has 1 aliphatic carbocycles. The molecule has 0 N–H and O–H groups in total. The number of hydrogen-bond donors (Lipinski definition) is 0. The molecule has 1 saturated carbocycles. The van der Waals surface area contributed by atoms with E-state index in [2.05, 4.69) is 6.92 Å². The van der Waals surface area contributed by atoms with Gasteiger partial charge in [0.25, 0.3) is 0 Å². The van der Waals surface area contributed by atoms with E-state index in [-0.39, 0.29) is 23.3 Å². The Morgan fingerprint density at radius 1 is 1.08 bits per heavy atom. The zero-order valence-electron chi connectivity index (χ0n) is 14.6. The summed E-state index contributed by atoms with van der Waals surface area (Å²) in [5, 5.41) is 0. The third kappa shape index (κ3) is 3.44. The Bertz CT molecular complexity index is 754. The zero-order chi connectivity index (χ0) is 18.0. The Morgan fingerprint density at radius 3 is 2.40 bits per heavy atom. The third-order valence-corrected chi connectivity index (χ3v) is 4.89. The molecule has 0 saturated heterocycles. The first-order chi connectivity index (χ1) is 12.1. The van der Waals surface area contributed by atoms with Gasteiger partial charge in [0.15, 0.2) is 0 Å². The average molecular weight is 343 g/mol. The molecule has 4 heteroatoms. The molecule has 0 aliphatic heterocycles. The second kappa shape index (κ2) is 7.34. The number of benzene rings is 2. The van der Waals surface area contributed by atoms with E-state index in [1.807, 2.05) is 24.0 Å². The molecule has 0 spiro atoms. The third-order valence-electron chi connectivity index (χ3n) is 4.89. The summed E-state index contributed by atoms with van der Waals surface area (Å²) in [4.78, 5) is 14.5. The normalized spacial score (nSPS) is 18.9. The maximum absolute atomic E-state index is 14.2. The van der Waals surface area contributed by atoms with E-state index < -0.39 is 11.6 Å². The van der Waals surface area contributed by atoms with Crippen molar-refractivity contribution >= 4 is 5.91 Å². The van der Waals surface area contributed by atoms with Crippen LogP contribution >= 0.6 is 0 Å². The first kappa shape index (κ1) is 17.6. The largest absolute Gasteiger partial charge is 0.343 e. The molecule has 3 rings (SSSR count). The van der Waals surface area contributed by atoms with Crippen molar-refractivity contribution in [2.45, 2.75) is 32.6 Å². The molecule has 2 aromatic rings. The first-order valence-electron chi connectivity index (χ1n) is 8.90. The number of carbonyl (C=O) groups excluding carboxylic acids is 1. The molecule has 0 radical (unpaired) electrons. The minimum absolute atomic E-state index is 0.00268. The highest BCUT2D eigenvalue weighted by molar-refractivity contribution is 5.84. The number of rotatable bonds is 6. The molecule has 0 heterocycles. The monoisotopic (exact) mass is 343 g/mol. The molecule has 0 bridgehead atoms. The van der Waals surface area contributed by atoms with E-state index >= 15 is 0 Å². The molecule has 2 unspecified atom stereocenters. The van der Waals surface area contributed by atoms with Crippen molar-refractivity contribution in [2.75, 3.05) is 13.1 Å². The van der Waals surface area contributed by atoms with Gasteiger partial charge in [-0.3, -0.25) is 4.79 Å². The van der Waals surface area contributed by atoms with Gasteiger partial charge in [-0.1, -0.05) is 37.3 Å².